The summed E-state index contributed by atoms with van der Waals surface area (Å²) in [6.45, 7) is 11.9. The number of rotatable bonds is 4. The minimum absolute atomic E-state index is 0. The van der Waals surface area contributed by atoms with Gasteiger partial charge in [0.1, 0.15) is 0 Å². The summed E-state index contributed by atoms with van der Waals surface area (Å²) in [6.07, 6.45) is 6.92. The number of hydrogen-bond donors (Lipinski definition) is 0. The van der Waals surface area contributed by atoms with E-state index >= 15 is 0 Å². The van der Waals surface area contributed by atoms with Gasteiger partial charge in [0, 0.05) is 11.8 Å². The van der Waals surface area contributed by atoms with Gasteiger partial charge in [0.15, 0.2) is 0 Å². The van der Waals surface area contributed by atoms with E-state index in [0.29, 0.717) is 17.8 Å². The molecule has 2 aromatic rings. The van der Waals surface area contributed by atoms with Gasteiger partial charge in [-0.25, -0.2) is 0 Å². The minimum atomic E-state index is 0. The molecule has 0 saturated heterocycles. The van der Waals surface area contributed by atoms with E-state index in [2.05, 4.69) is 88.3 Å². The van der Waals surface area contributed by atoms with E-state index in [-0.39, 0.29) is 27.3 Å². The van der Waals surface area contributed by atoms with Gasteiger partial charge in [-0.2, -0.15) is 6.42 Å². The van der Waals surface area contributed by atoms with E-state index in [1.807, 2.05) is 0 Å². The molecule has 0 spiro atoms. The van der Waals surface area contributed by atoms with Gasteiger partial charge in [-0.15, -0.1) is 12.4 Å². The zero-order valence-corrected chi connectivity index (χ0v) is 22.3. The molecule has 0 heterocycles. The second-order valence-corrected chi connectivity index (χ2v) is 7.30. The van der Waals surface area contributed by atoms with E-state index in [1.54, 1.807) is 0 Å². The molecule has 2 atom stereocenters. The second-order valence-electron chi connectivity index (χ2n) is 7.30. The van der Waals surface area contributed by atoms with Crippen LogP contribution in [0.25, 0.3) is 12.2 Å². The second kappa shape index (κ2) is 12.9. The van der Waals surface area contributed by atoms with E-state index in [9.17, 15) is 0 Å². The molecule has 2 aliphatic rings. The molecule has 2 radical (unpaired) electrons. The Morgan fingerprint density at radius 2 is 1.21 bits per heavy atom. The zero-order valence-electron chi connectivity index (χ0n) is 18.0. The Balaban J connectivity index is 0.00000152. The van der Waals surface area contributed by atoms with Crippen molar-refractivity contribution in [1.82, 2.24) is 0 Å². The van der Waals surface area contributed by atoms with Crippen LogP contribution in [0.15, 0.2) is 59.7 Å². The van der Waals surface area contributed by atoms with Gasteiger partial charge in [-0.05, 0) is 42.0 Å². The molecule has 0 saturated carbocycles. The molecule has 29 heavy (non-hydrogen) atoms. The van der Waals surface area contributed by atoms with Gasteiger partial charge in [0.2, 0.25) is 0 Å². The first kappa shape index (κ1) is 28.3. The molecule has 0 amide bonds. The first-order chi connectivity index (χ1) is 12.7. The van der Waals surface area contributed by atoms with Crippen molar-refractivity contribution < 1.29 is 23.3 Å². The summed E-state index contributed by atoms with van der Waals surface area (Å²) in [7, 11) is 0. The van der Waals surface area contributed by atoms with Crippen molar-refractivity contribution in [1.29, 1.82) is 0 Å². The molecule has 3 heteroatoms. The van der Waals surface area contributed by atoms with Crippen LogP contribution >= 0.6 is 12.4 Å². The Kier molecular flexibility index (Phi) is 12.6. The molecule has 4 rings (SSSR count). The monoisotopic (exact) mass is 497 g/mol. The predicted octanol–water partition coefficient (Wildman–Crippen LogP) is 7.56. The Labute approximate surface area is 201 Å². The molecular weight excluding hydrogens is 467 g/mol. The predicted molar refractivity (Wildman–Crippen MR) is 130 cm³/mol. The topological polar surface area (TPSA) is 0 Å². The van der Waals surface area contributed by atoms with Crippen molar-refractivity contribution in [3.63, 3.8) is 0 Å². The summed E-state index contributed by atoms with van der Waals surface area (Å²) in [5.41, 5.74) is 8.83. The van der Waals surface area contributed by atoms with Crippen LogP contribution in [0.3, 0.4) is 0 Å². The Bertz CT molecular complexity index is 788. The summed E-state index contributed by atoms with van der Waals surface area (Å²) in [5.74, 6) is 1.62. The fourth-order valence-electron chi connectivity index (χ4n) is 4.91. The van der Waals surface area contributed by atoms with Crippen molar-refractivity contribution in [2.24, 2.45) is 5.92 Å². The molecule has 0 N–H and O–H groups in total. The number of hydrogen-bond acceptors (Lipinski definition) is 0. The SMILES string of the molecule is Cl.[CH2-]CCC(C1C(C)=Cc2ccccc21)C1C(C)=Cc2ccccc21.[CH3-].[CH3-].[Si]=[Zr]. The van der Waals surface area contributed by atoms with Crippen LogP contribution < -0.4 is 0 Å². The molecule has 154 valence electrons. The average molecular weight is 499 g/mol. The summed E-state index contributed by atoms with van der Waals surface area (Å²) in [5, 5.41) is 0. The first-order valence-electron chi connectivity index (χ1n) is 9.29. The van der Waals surface area contributed by atoms with Gasteiger partial charge >= 0.3 is 30.2 Å². The first-order valence-corrected chi connectivity index (χ1v) is 13.5. The number of halogens is 1. The van der Waals surface area contributed by atoms with Crippen molar-refractivity contribution in [3.8, 4) is 0 Å². The Morgan fingerprint density at radius 3 is 1.59 bits per heavy atom. The van der Waals surface area contributed by atoms with Gasteiger partial charge in [-0.3, -0.25) is 0 Å². The van der Waals surface area contributed by atoms with E-state index in [1.165, 1.54) is 56.7 Å². The normalized spacial score (nSPS) is 18.8. The van der Waals surface area contributed by atoms with Crippen LogP contribution in [-0.2, 0) is 23.3 Å². The molecule has 0 aromatic heterocycles. The van der Waals surface area contributed by atoms with Crippen LogP contribution in [0, 0.1) is 27.7 Å². The summed E-state index contributed by atoms with van der Waals surface area (Å²) >= 11 is 1.36. The number of fused-ring (bicyclic) bond motifs is 2. The van der Waals surface area contributed by atoms with Crippen LogP contribution in [0.1, 0.15) is 60.8 Å². The van der Waals surface area contributed by atoms with Crippen molar-refractivity contribution in [2.75, 3.05) is 0 Å². The average Bonchev–Trinajstić information content (AvgIpc) is 3.17. The summed E-state index contributed by atoms with van der Waals surface area (Å²) < 4.78 is 0. The molecular formula is C26H32ClSiZr-3. The van der Waals surface area contributed by atoms with Gasteiger partial charge < -0.3 is 21.8 Å². The fraction of sp³-hybridized carbons (Fsp3) is 0.269. The van der Waals surface area contributed by atoms with Crippen molar-refractivity contribution in [3.05, 3.63) is 104 Å². The van der Waals surface area contributed by atoms with E-state index in [0.717, 1.165) is 12.8 Å². The van der Waals surface area contributed by atoms with Crippen LogP contribution in [0.2, 0.25) is 0 Å². The Hall–Kier alpha value is -0.690. The summed E-state index contributed by atoms with van der Waals surface area (Å²) in [4.78, 5) is 0. The third-order valence-corrected chi connectivity index (χ3v) is 5.80. The molecule has 0 aliphatic heterocycles. The number of benzene rings is 2. The molecule has 0 fully saturated rings. The maximum absolute atomic E-state index is 4.19. The van der Waals surface area contributed by atoms with E-state index < -0.39 is 0 Å². The van der Waals surface area contributed by atoms with Crippen molar-refractivity contribution in [2.45, 2.75) is 38.5 Å². The maximum atomic E-state index is 4.19. The van der Waals surface area contributed by atoms with Gasteiger partial charge in [-0.1, -0.05) is 78.3 Å². The third kappa shape index (κ3) is 5.52. The molecule has 2 unspecified atom stereocenters. The molecule has 0 bridgehead atoms. The fourth-order valence-corrected chi connectivity index (χ4v) is 4.91. The van der Waals surface area contributed by atoms with Crippen molar-refractivity contribution >= 4 is 31.4 Å². The number of allylic oxidation sites excluding steroid dienone is 2. The quantitative estimate of drug-likeness (QED) is 0.301. The molecule has 2 aliphatic carbocycles. The van der Waals surface area contributed by atoms with Gasteiger partial charge in [0.25, 0.3) is 0 Å². The van der Waals surface area contributed by atoms with Crippen LogP contribution in [0.4, 0.5) is 0 Å². The van der Waals surface area contributed by atoms with Gasteiger partial charge in [0.05, 0.1) is 0 Å². The third-order valence-electron chi connectivity index (χ3n) is 5.80. The summed E-state index contributed by atoms with van der Waals surface area (Å²) in [6, 6.07) is 17.8. The zero-order chi connectivity index (χ0) is 18.7. The van der Waals surface area contributed by atoms with Crippen LogP contribution in [-0.4, -0.2) is 6.88 Å². The molecule has 0 nitrogen and oxygen atoms in total. The Morgan fingerprint density at radius 1 is 0.828 bits per heavy atom. The molecule has 2 aromatic carbocycles. The van der Waals surface area contributed by atoms with Crippen LogP contribution in [0.5, 0.6) is 0 Å². The van der Waals surface area contributed by atoms with E-state index in [4.69, 9.17) is 0 Å². The standard InChI is InChI=1S/C24H25.2CH3.ClH.Si.Zr/c1-4-9-22(23-16(2)14-18-10-5-7-12-20(18)23)24-17(3)15-19-11-6-8-13-21(19)24;;;;;/h5-8,10-15,22-24H,1,4,9H2,2-3H3;2*1H3;1H;;/q3*-1;;;.